The van der Waals surface area contributed by atoms with Gasteiger partial charge in [0.05, 0.1) is 18.6 Å². The number of carbonyl (C=O) groups is 1. The lowest BCUT2D eigenvalue weighted by Crippen LogP contribution is -2.30. The van der Waals surface area contributed by atoms with Gasteiger partial charge in [0.1, 0.15) is 11.5 Å². The zero-order valence-corrected chi connectivity index (χ0v) is 10.5. The van der Waals surface area contributed by atoms with Gasteiger partial charge in [-0.25, -0.2) is 0 Å². The maximum Gasteiger partial charge on any atom is 0.140 e. The quantitative estimate of drug-likeness (QED) is 0.783. The molecule has 0 N–H and O–H groups in total. The molecule has 0 heterocycles. The van der Waals surface area contributed by atoms with Gasteiger partial charge in [0.15, 0.2) is 0 Å². The molecule has 1 aromatic rings. The largest absolute Gasteiger partial charge is 0.497 e. The molecule has 0 aliphatic heterocycles. The number of hydrogen-bond acceptors (Lipinski definition) is 3. The Labute approximate surface area is 102 Å². The normalized spacial score (nSPS) is 13.5. The van der Waals surface area contributed by atoms with E-state index in [2.05, 4.69) is 6.07 Å². The van der Waals surface area contributed by atoms with Crippen LogP contribution in [0, 0.1) is 11.3 Å². The second kappa shape index (κ2) is 5.49. The van der Waals surface area contributed by atoms with Gasteiger partial charge >= 0.3 is 0 Å². The third-order valence-electron chi connectivity index (χ3n) is 3.22. The van der Waals surface area contributed by atoms with E-state index in [1.807, 2.05) is 31.2 Å². The van der Waals surface area contributed by atoms with Gasteiger partial charge in [0.25, 0.3) is 0 Å². The number of Topliss-reactive ketones (excluding diaryl/α,β-unsaturated/α-hetero) is 1. The molecule has 0 unspecified atom stereocenters. The summed E-state index contributed by atoms with van der Waals surface area (Å²) >= 11 is 0. The fourth-order valence-electron chi connectivity index (χ4n) is 1.80. The van der Waals surface area contributed by atoms with Crippen molar-refractivity contribution in [3.8, 4) is 11.8 Å². The van der Waals surface area contributed by atoms with E-state index in [1.165, 1.54) is 0 Å². The number of benzene rings is 1. The molecule has 0 fully saturated rings. The lowest BCUT2D eigenvalue weighted by atomic mass is 9.75. The number of ketones is 1. The van der Waals surface area contributed by atoms with Gasteiger partial charge in [-0.05, 0) is 38.0 Å². The molecule has 90 valence electrons. The minimum Gasteiger partial charge on any atom is -0.497 e. The van der Waals surface area contributed by atoms with E-state index in [1.54, 1.807) is 14.0 Å². The predicted molar refractivity (Wildman–Crippen MR) is 65.9 cm³/mol. The second-order valence-electron chi connectivity index (χ2n) is 4.28. The van der Waals surface area contributed by atoms with Crippen LogP contribution in [0.3, 0.4) is 0 Å². The standard InChI is InChI=1S/C14H17NO2/c1-11(16)14(2,8-5-9-15)12-6-4-7-13(10-12)17-3/h4,6-7,10H,5,8H2,1-3H3/t14-/m1/s1. The van der Waals surface area contributed by atoms with Crippen LogP contribution in [0.1, 0.15) is 32.3 Å². The summed E-state index contributed by atoms with van der Waals surface area (Å²) in [7, 11) is 1.60. The molecule has 17 heavy (non-hydrogen) atoms. The monoisotopic (exact) mass is 231 g/mol. The topological polar surface area (TPSA) is 50.1 Å². The molecule has 3 heteroatoms. The zero-order valence-electron chi connectivity index (χ0n) is 10.5. The lowest BCUT2D eigenvalue weighted by Gasteiger charge is -2.26. The molecule has 1 rings (SSSR count). The van der Waals surface area contributed by atoms with Crippen LogP contribution < -0.4 is 4.74 Å². The number of ether oxygens (including phenoxy) is 1. The van der Waals surface area contributed by atoms with Crippen LogP contribution in [0.5, 0.6) is 5.75 Å². The first-order chi connectivity index (χ1) is 8.04. The molecule has 0 aromatic heterocycles. The van der Waals surface area contributed by atoms with E-state index in [9.17, 15) is 4.79 Å². The molecule has 0 amide bonds. The van der Waals surface area contributed by atoms with Crippen molar-refractivity contribution >= 4 is 5.78 Å². The SMILES string of the molecule is COc1cccc([C@](C)(CCC#N)C(C)=O)c1. The molecule has 0 radical (unpaired) electrons. The predicted octanol–water partition coefficient (Wildman–Crippen LogP) is 2.85. The van der Waals surface area contributed by atoms with Crippen LogP contribution in [0.4, 0.5) is 0 Å². The Hall–Kier alpha value is -1.82. The Morgan fingerprint density at radius 2 is 2.24 bits per heavy atom. The van der Waals surface area contributed by atoms with Gasteiger partial charge in [-0.3, -0.25) is 4.79 Å². The van der Waals surface area contributed by atoms with Crippen LogP contribution in [0.25, 0.3) is 0 Å². The molecule has 0 aliphatic rings. The molecule has 1 aromatic carbocycles. The number of methoxy groups -OCH3 is 1. The van der Waals surface area contributed by atoms with Gasteiger partial charge in [-0.15, -0.1) is 0 Å². The lowest BCUT2D eigenvalue weighted by molar-refractivity contribution is -0.122. The maximum atomic E-state index is 11.8. The summed E-state index contributed by atoms with van der Waals surface area (Å²) in [6, 6.07) is 9.56. The fraction of sp³-hybridized carbons (Fsp3) is 0.429. The summed E-state index contributed by atoms with van der Waals surface area (Å²) in [5.41, 5.74) is 0.296. The number of nitriles is 1. The van der Waals surface area contributed by atoms with E-state index in [0.717, 1.165) is 11.3 Å². The summed E-state index contributed by atoms with van der Waals surface area (Å²) in [5, 5.41) is 8.67. The van der Waals surface area contributed by atoms with Gasteiger partial charge in [0.2, 0.25) is 0 Å². The van der Waals surface area contributed by atoms with Gasteiger partial charge in [-0.2, -0.15) is 5.26 Å². The van der Waals surface area contributed by atoms with E-state index in [-0.39, 0.29) is 5.78 Å². The minimum atomic E-state index is -0.607. The third-order valence-corrected chi connectivity index (χ3v) is 3.22. The molecule has 0 aliphatic carbocycles. The Morgan fingerprint density at radius 1 is 1.53 bits per heavy atom. The third kappa shape index (κ3) is 2.85. The number of nitrogens with zero attached hydrogens (tertiary/aromatic N) is 1. The van der Waals surface area contributed by atoms with Crippen molar-refractivity contribution in [3.05, 3.63) is 29.8 Å². The first-order valence-corrected chi connectivity index (χ1v) is 5.57. The zero-order chi connectivity index (χ0) is 12.9. The van der Waals surface area contributed by atoms with Crippen LogP contribution in [0.15, 0.2) is 24.3 Å². The van der Waals surface area contributed by atoms with Gasteiger partial charge < -0.3 is 4.74 Å². The van der Waals surface area contributed by atoms with Crippen molar-refractivity contribution in [1.82, 2.24) is 0 Å². The Kier molecular flexibility index (Phi) is 4.28. The van der Waals surface area contributed by atoms with Crippen LogP contribution in [-0.2, 0) is 10.2 Å². The van der Waals surface area contributed by atoms with Crippen LogP contribution in [0.2, 0.25) is 0 Å². The highest BCUT2D eigenvalue weighted by atomic mass is 16.5. The molecule has 0 saturated heterocycles. The first kappa shape index (κ1) is 13.2. The molecular weight excluding hydrogens is 214 g/mol. The average Bonchev–Trinajstić information content (AvgIpc) is 2.35. The number of hydrogen-bond donors (Lipinski definition) is 0. The van der Waals surface area contributed by atoms with Crippen molar-refractivity contribution < 1.29 is 9.53 Å². The summed E-state index contributed by atoms with van der Waals surface area (Å²) < 4.78 is 5.16. The average molecular weight is 231 g/mol. The van der Waals surface area contributed by atoms with Crippen molar-refractivity contribution in [3.63, 3.8) is 0 Å². The fourth-order valence-corrected chi connectivity index (χ4v) is 1.80. The van der Waals surface area contributed by atoms with E-state index < -0.39 is 5.41 Å². The molecule has 1 atom stereocenters. The highest BCUT2D eigenvalue weighted by molar-refractivity contribution is 5.87. The molecule has 0 saturated carbocycles. The molecule has 3 nitrogen and oxygen atoms in total. The molecule has 0 bridgehead atoms. The highest BCUT2D eigenvalue weighted by Gasteiger charge is 2.31. The summed E-state index contributed by atoms with van der Waals surface area (Å²) in [6.45, 7) is 3.44. The highest BCUT2D eigenvalue weighted by Crippen LogP contribution is 2.32. The van der Waals surface area contributed by atoms with Gasteiger partial charge in [-0.1, -0.05) is 12.1 Å². The Bertz CT molecular complexity index is 448. The van der Waals surface area contributed by atoms with Crippen LogP contribution in [-0.4, -0.2) is 12.9 Å². The van der Waals surface area contributed by atoms with Gasteiger partial charge in [0, 0.05) is 6.42 Å². The van der Waals surface area contributed by atoms with Crippen molar-refractivity contribution in [1.29, 1.82) is 5.26 Å². The second-order valence-corrected chi connectivity index (χ2v) is 4.28. The molecular formula is C14H17NO2. The maximum absolute atomic E-state index is 11.8. The summed E-state index contributed by atoms with van der Waals surface area (Å²) in [5.74, 6) is 0.799. The molecule has 0 spiro atoms. The summed E-state index contributed by atoms with van der Waals surface area (Å²) in [6.07, 6.45) is 0.902. The summed E-state index contributed by atoms with van der Waals surface area (Å²) in [4.78, 5) is 11.8. The van der Waals surface area contributed by atoms with E-state index >= 15 is 0 Å². The Balaban J connectivity index is 3.13. The van der Waals surface area contributed by atoms with E-state index in [4.69, 9.17) is 10.00 Å². The number of rotatable bonds is 5. The Morgan fingerprint density at radius 3 is 2.76 bits per heavy atom. The minimum absolute atomic E-state index is 0.0704. The smallest absolute Gasteiger partial charge is 0.140 e. The van der Waals surface area contributed by atoms with Crippen LogP contribution >= 0.6 is 0 Å². The van der Waals surface area contributed by atoms with Crippen molar-refractivity contribution in [2.24, 2.45) is 0 Å². The van der Waals surface area contributed by atoms with E-state index in [0.29, 0.717) is 12.8 Å². The van der Waals surface area contributed by atoms with Crippen molar-refractivity contribution in [2.75, 3.05) is 7.11 Å². The number of carbonyl (C=O) groups excluding carboxylic acids is 1. The first-order valence-electron chi connectivity index (χ1n) is 5.57. The van der Waals surface area contributed by atoms with Crippen molar-refractivity contribution in [2.45, 2.75) is 32.1 Å².